The number of piperazine rings is 1. The van der Waals surface area contributed by atoms with E-state index in [-0.39, 0.29) is 55.5 Å². The number of nitrogens with one attached hydrogen (secondary N) is 2. The van der Waals surface area contributed by atoms with Gasteiger partial charge in [0.25, 0.3) is 0 Å². The van der Waals surface area contributed by atoms with E-state index in [2.05, 4.69) is 5.32 Å². The number of phenols is 1. The number of nitrogens with two attached hydrogens (primary N) is 1. The maximum atomic E-state index is 14.9. The Hall–Kier alpha value is -4.84. The van der Waals surface area contributed by atoms with E-state index in [1.165, 1.54) is 18.2 Å². The number of benzene rings is 2. The SMILES string of the molecule is NCCCN1CCN(C(=O)NC(C(=O)N[C@H]2Cc3cccc(C(=O)O)c3OB2O)c2cc(F)c(O)c(F)c2F)C(=O)C1=O. The molecule has 43 heavy (non-hydrogen) atoms. The molecule has 7 N–H and O–H groups in total. The monoisotopic (exact) mass is 607 g/mol. The summed E-state index contributed by atoms with van der Waals surface area (Å²) in [6.07, 6.45) is 0.159. The lowest BCUT2D eigenvalue weighted by Gasteiger charge is -2.34. The van der Waals surface area contributed by atoms with Crippen LogP contribution in [-0.4, -0.2) is 94.0 Å². The van der Waals surface area contributed by atoms with Gasteiger partial charge in [-0.1, -0.05) is 12.1 Å². The van der Waals surface area contributed by atoms with Gasteiger partial charge in [-0.3, -0.25) is 19.3 Å². The fourth-order valence-corrected chi connectivity index (χ4v) is 4.65. The van der Waals surface area contributed by atoms with Crippen molar-refractivity contribution in [3.05, 3.63) is 58.4 Å². The number of halogens is 3. The quantitative estimate of drug-likeness (QED) is 0.128. The van der Waals surface area contributed by atoms with Crippen LogP contribution in [0.4, 0.5) is 18.0 Å². The topological polar surface area (TPSA) is 212 Å². The van der Waals surface area contributed by atoms with Gasteiger partial charge in [-0.2, -0.15) is 4.39 Å². The van der Waals surface area contributed by atoms with Gasteiger partial charge >= 0.3 is 30.9 Å². The summed E-state index contributed by atoms with van der Waals surface area (Å²) in [4.78, 5) is 64.6. The third kappa shape index (κ3) is 6.19. The highest BCUT2D eigenvalue weighted by Crippen LogP contribution is 2.32. The molecule has 2 heterocycles. The van der Waals surface area contributed by atoms with E-state index in [1.54, 1.807) is 0 Å². The van der Waals surface area contributed by atoms with Crippen molar-refractivity contribution >= 4 is 36.8 Å². The molecule has 18 heteroatoms. The predicted molar refractivity (Wildman–Crippen MR) is 139 cm³/mol. The highest BCUT2D eigenvalue weighted by molar-refractivity contribution is 6.47. The molecule has 0 bridgehead atoms. The van der Waals surface area contributed by atoms with Crippen molar-refractivity contribution in [3.8, 4) is 11.5 Å². The molecule has 0 aliphatic carbocycles. The van der Waals surface area contributed by atoms with Crippen LogP contribution in [0.2, 0.25) is 0 Å². The highest BCUT2D eigenvalue weighted by atomic mass is 19.2. The molecular weight excluding hydrogens is 582 g/mol. The average molecular weight is 607 g/mol. The summed E-state index contributed by atoms with van der Waals surface area (Å²) in [5, 5.41) is 33.5. The van der Waals surface area contributed by atoms with Gasteiger partial charge in [-0.15, -0.1) is 0 Å². The zero-order valence-corrected chi connectivity index (χ0v) is 22.2. The third-order valence-corrected chi connectivity index (χ3v) is 6.87. The zero-order valence-electron chi connectivity index (χ0n) is 22.2. The second-order valence-electron chi connectivity index (χ2n) is 9.62. The Kier molecular flexibility index (Phi) is 9.10. The molecule has 0 saturated carbocycles. The first-order chi connectivity index (χ1) is 20.3. The van der Waals surface area contributed by atoms with Crippen LogP contribution in [0.5, 0.6) is 11.5 Å². The Labute approximate surface area is 241 Å². The smallest absolute Gasteiger partial charge is 0.534 e. The molecule has 1 fully saturated rings. The number of fused-ring (bicyclic) bond motifs is 1. The van der Waals surface area contributed by atoms with E-state index in [9.17, 15) is 52.4 Å². The molecule has 5 amide bonds. The minimum absolute atomic E-state index is 0.0883. The molecule has 4 rings (SSSR count). The van der Waals surface area contributed by atoms with Crippen LogP contribution in [0, 0.1) is 17.5 Å². The molecule has 2 aliphatic rings. The van der Waals surface area contributed by atoms with Crippen molar-refractivity contribution < 1.29 is 57.0 Å². The number of aromatic hydroxyl groups is 1. The Balaban J connectivity index is 1.61. The van der Waals surface area contributed by atoms with Gasteiger partial charge in [0.1, 0.15) is 11.8 Å². The number of carbonyl (C=O) groups excluding carboxylic acids is 4. The maximum absolute atomic E-state index is 14.9. The van der Waals surface area contributed by atoms with E-state index in [0.717, 1.165) is 4.90 Å². The van der Waals surface area contributed by atoms with Crippen LogP contribution in [-0.2, 0) is 20.8 Å². The first-order valence-corrected chi connectivity index (χ1v) is 12.8. The van der Waals surface area contributed by atoms with Crippen LogP contribution >= 0.6 is 0 Å². The summed E-state index contributed by atoms with van der Waals surface area (Å²) in [5.74, 6) is -13.9. The lowest BCUT2D eigenvalue weighted by Crippen LogP contribution is -2.60. The lowest BCUT2D eigenvalue weighted by molar-refractivity contribution is -0.153. The maximum Gasteiger partial charge on any atom is 0.547 e. The van der Waals surface area contributed by atoms with Gasteiger partial charge in [0.2, 0.25) is 11.7 Å². The highest BCUT2D eigenvalue weighted by Gasteiger charge is 2.42. The normalized spacial score (nSPS) is 17.2. The number of phenolic OH excluding ortho intramolecular Hbond substituents is 1. The number of nitrogens with zero attached hydrogens (tertiary/aromatic N) is 2. The molecule has 0 radical (unpaired) electrons. The zero-order chi connectivity index (χ0) is 31.6. The second-order valence-corrected chi connectivity index (χ2v) is 9.62. The van der Waals surface area contributed by atoms with Crippen molar-refractivity contribution in [2.75, 3.05) is 26.2 Å². The van der Waals surface area contributed by atoms with Crippen LogP contribution in [0.3, 0.4) is 0 Å². The summed E-state index contributed by atoms with van der Waals surface area (Å²) >= 11 is 0. The largest absolute Gasteiger partial charge is 0.547 e. The van der Waals surface area contributed by atoms with E-state index >= 15 is 0 Å². The molecule has 0 aromatic heterocycles. The second kappa shape index (κ2) is 12.6. The number of carboxylic acids is 1. The molecule has 2 aromatic carbocycles. The van der Waals surface area contributed by atoms with Crippen LogP contribution in [0.1, 0.15) is 33.9 Å². The average Bonchev–Trinajstić information content (AvgIpc) is 2.97. The summed E-state index contributed by atoms with van der Waals surface area (Å²) in [6, 6.07) is 0.650. The summed E-state index contributed by atoms with van der Waals surface area (Å²) in [6.45, 7) is -0.0535. The molecule has 2 atom stereocenters. The van der Waals surface area contributed by atoms with Crippen LogP contribution < -0.4 is 21.0 Å². The number of rotatable bonds is 8. The minimum Gasteiger partial charge on any atom is -0.534 e. The van der Waals surface area contributed by atoms with Gasteiger partial charge in [-0.25, -0.2) is 18.4 Å². The Morgan fingerprint density at radius 3 is 2.53 bits per heavy atom. The third-order valence-electron chi connectivity index (χ3n) is 6.87. The molecule has 1 saturated heterocycles. The van der Waals surface area contributed by atoms with Crippen LogP contribution in [0.15, 0.2) is 24.3 Å². The van der Waals surface area contributed by atoms with Crippen molar-refractivity contribution in [3.63, 3.8) is 0 Å². The number of carboxylic acid groups (broad SMARTS) is 1. The van der Waals surface area contributed by atoms with Gasteiger partial charge in [0.05, 0.1) is 11.5 Å². The molecule has 14 nitrogen and oxygen atoms in total. The van der Waals surface area contributed by atoms with E-state index < -0.39 is 77.6 Å². The van der Waals surface area contributed by atoms with Gasteiger partial charge in [-0.05, 0) is 37.1 Å². The number of urea groups is 1. The number of imide groups is 1. The molecule has 1 unspecified atom stereocenters. The van der Waals surface area contributed by atoms with E-state index in [4.69, 9.17) is 10.4 Å². The van der Waals surface area contributed by atoms with Crippen molar-refractivity contribution in [2.24, 2.45) is 5.73 Å². The van der Waals surface area contributed by atoms with Gasteiger partial charge < -0.3 is 41.2 Å². The molecular formula is C25H25BF3N5O9. The van der Waals surface area contributed by atoms with Crippen molar-refractivity contribution in [2.45, 2.75) is 24.8 Å². The predicted octanol–water partition coefficient (Wildman–Crippen LogP) is -0.582. The number of amides is 5. The number of aromatic carboxylic acids is 1. The number of hydrogen-bond donors (Lipinski definition) is 6. The summed E-state index contributed by atoms with van der Waals surface area (Å²) < 4.78 is 48.7. The molecule has 2 aliphatic heterocycles. The molecule has 228 valence electrons. The summed E-state index contributed by atoms with van der Waals surface area (Å²) in [5.41, 5.74) is 4.30. The first kappa shape index (κ1) is 31.1. The number of hydrogen-bond acceptors (Lipinski definition) is 9. The fraction of sp³-hybridized carbons (Fsp3) is 0.320. The Bertz CT molecular complexity index is 1500. The van der Waals surface area contributed by atoms with E-state index in [0.29, 0.717) is 11.3 Å². The van der Waals surface area contributed by atoms with Crippen molar-refractivity contribution in [1.29, 1.82) is 0 Å². The van der Waals surface area contributed by atoms with Gasteiger partial charge in [0.15, 0.2) is 17.4 Å². The minimum atomic E-state index is -2.27. The number of carbonyl (C=O) groups is 5. The van der Waals surface area contributed by atoms with Gasteiger partial charge in [0, 0.05) is 25.2 Å². The molecule has 2 aromatic rings. The standard InChI is InChI=1S/C25H25BF3N5O9/c27-14-10-13(16(28)17(29)19(14)35)18(32-25(41)34-8-7-33(6-2-5-30)22(37)23(34)38)21(36)31-15-9-11-3-1-4-12(24(39)40)20(11)43-26(15)42/h1,3-4,10,15,18,35,42H,2,5-9,30H2,(H,31,36)(H,32,41)(H,39,40)/t15-,18?/m0/s1. The summed E-state index contributed by atoms with van der Waals surface area (Å²) in [7, 11) is -1.85. The Morgan fingerprint density at radius 1 is 1.14 bits per heavy atom. The number of para-hydroxylation sites is 1. The Morgan fingerprint density at radius 2 is 1.86 bits per heavy atom. The fourth-order valence-electron chi connectivity index (χ4n) is 4.65. The molecule has 0 spiro atoms. The van der Waals surface area contributed by atoms with E-state index in [1.807, 2.05) is 5.32 Å². The first-order valence-electron chi connectivity index (χ1n) is 12.8. The van der Waals surface area contributed by atoms with Crippen LogP contribution in [0.25, 0.3) is 0 Å². The van der Waals surface area contributed by atoms with Crippen molar-refractivity contribution in [1.82, 2.24) is 20.4 Å². The lowest BCUT2D eigenvalue weighted by atomic mass is 9.72.